The van der Waals surface area contributed by atoms with E-state index in [1.165, 1.54) is 12.8 Å². The first-order chi connectivity index (χ1) is 10.2. The van der Waals surface area contributed by atoms with Crippen LogP contribution in [0.4, 0.5) is 17.6 Å². The van der Waals surface area contributed by atoms with Crippen LogP contribution in [0.2, 0.25) is 0 Å². The molecule has 0 radical (unpaired) electrons. The number of para-hydroxylation sites is 1. The lowest BCUT2D eigenvalue weighted by Crippen LogP contribution is -2.21. The number of rotatable bonds is 4. The summed E-state index contributed by atoms with van der Waals surface area (Å²) in [5, 5.41) is 3.22. The Kier molecular flexibility index (Phi) is 3.96. The zero-order valence-electron chi connectivity index (χ0n) is 12.2. The molecule has 6 heteroatoms. The van der Waals surface area contributed by atoms with Crippen LogP contribution < -0.4 is 11.1 Å². The lowest BCUT2D eigenvalue weighted by atomic mass is 10.2. The summed E-state index contributed by atoms with van der Waals surface area (Å²) in [5.41, 5.74) is 7.92. The average Bonchev–Trinajstić information content (AvgIpc) is 2.93. The molecular weight excluding hydrogens is 264 g/mol. The molecule has 0 amide bonds. The summed E-state index contributed by atoms with van der Waals surface area (Å²) in [6.07, 6.45) is 2.49. The molecule has 0 aliphatic carbocycles. The second-order valence-electron chi connectivity index (χ2n) is 5.36. The second kappa shape index (κ2) is 6.05. The molecule has 1 aliphatic rings. The Balaban J connectivity index is 1.79. The minimum absolute atomic E-state index is 0.260. The summed E-state index contributed by atoms with van der Waals surface area (Å²) in [4.78, 5) is 15.2. The van der Waals surface area contributed by atoms with E-state index in [0.29, 0.717) is 5.95 Å². The molecule has 0 spiro atoms. The van der Waals surface area contributed by atoms with Crippen molar-refractivity contribution in [3.8, 4) is 0 Å². The van der Waals surface area contributed by atoms with Gasteiger partial charge in [0.15, 0.2) is 0 Å². The smallest absolute Gasteiger partial charge is 0.232 e. The number of hydrogen-bond donors (Lipinski definition) is 2. The van der Waals surface area contributed by atoms with Crippen LogP contribution >= 0.6 is 0 Å². The summed E-state index contributed by atoms with van der Waals surface area (Å²) < 4.78 is 0. The first-order valence-corrected chi connectivity index (χ1v) is 7.26. The number of likely N-dealkylation sites (tertiary alicyclic amines) is 1. The van der Waals surface area contributed by atoms with Crippen LogP contribution in [-0.4, -0.2) is 32.9 Å². The van der Waals surface area contributed by atoms with Crippen LogP contribution in [0.15, 0.2) is 24.3 Å². The van der Waals surface area contributed by atoms with Crippen molar-refractivity contribution >= 4 is 17.6 Å². The van der Waals surface area contributed by atoms with Crippen molar-refractivity contribution < 1.29 is 0 Å². The number of nitrogens with two attached hydrogens (primary N) is 1. The highest BCUT2D eigenvalue weighted by Crippen LogP contribution is 2.18. The van der Waals surface area contributed by atoms with Crippen LogP contribution in [-0.2, 0) is 6.54 Å². The summed E-state index contributed by atoms with van der Waals surface area (Å²) >= 11 is 0. The third kappa shape index (κ3) is 3.46. The molecule has 6 nitrogen and oxygen atoms in total. The van der Waals surface area contributed by atoms with Gasteiger partial charge in [-0.15, -0.1) is 0 Å². The predicted octanol–water partition coefficient (Wildman–Crippen LogP) is 2.10. The lowest BCUT2D eigenvalue weighted by molar-refractivity contribution is 0.322. The van der Waals surface area contributed by atoms with Crippen molar-refractivity contribution in [3.63, 3.8) is 0 Å². The molecule has 1 fully saturated rings. The summed E-state index contributed by atoms with van der Waals surface area (Å²) in [6.45, 7) is 4.98. The van der Waals surface area contributed by atoms with E-state index in [1.54, 1.807) is 0 Å². The highest BCUT2D eigenvalue weighted by Gasteiger charge is 2.14. The zero-order chi connectivity index (χ0) is 14.7. The molecule has 1 aromatic heterocycles. The lowest BCUT2D eigenvalue weighted by Gasteiger charge is -2.14. The van der Waals surface area contributed by atoms with E-state index in [1.807, 2.05) is 31.2 Å². The Bertz CT molecular complexity index is 621. The van der Waals surface area contributed by atoms with Gasteiger partial charge in [0, 0.05) is 5.69 Å². The second-order valence-corrected chi connectivity index (χ2v) is 5.36. The standard InChI is InChI=1S/C15H20N6/c1-11-6-2-3-7-12(11)17-15-19-13(18-14(16)20-15)10-21-8-4-5-9-21/h2-3,6-7H,4-5,8-10H2,1H3,(H3,16,17,18,19,20). The quantitative estimate of drug-likeness (QED) is 0.895. The van der Waals surface area contributed by atoms with Crippen LogP contribution in [0.3, 0.4) is 0 Å². The summed E-state index contributed by atoms with van der Waals surface area (Å²) in [6, 6.07) is 8.01. The van der Waals surface area contributed by atoms with Crippen LogP contribution in [0.1, 0.15) is 24.2 Å². The molecule has 1 aliphatic heterocycles. The van der Waals surface area contributed by atoms with Crippen LogP contribution in [0, 0.1) is 6.92 Å². The Morgan fingerprint density at radius 1 is 1.14 bits per heavy atom. The fourth-order valence-corrected chi connectivity index (χ4v) is 2.54. The minimum Gasteiger partial charge on any atom is -0.368 e. The van der Waals surface area contributed by atoms with Crippen molar-refractivity contribution in [3.05, 3.63) is 35.7 Å². The molecule has 1 saturated heterocycles. The molecule has 3 rings (SSSR count). The summed E-state index contributed by atoms with van der Waals surface area (Å²) in [7, 11) is 0. The van der Waals surface area contributed by atoms with Gasteiger partial charge in [0.2, 0.25) is 11.9 Å². The van der Waals surface area contributed by atoms with Gasteiger partial charge in [-0.3, -0.25) is 4.90 Å². The van der Waals surface area contributed by atoms with Gasteiger partial charge < -0.3 is 11.1 Å². The number of nitrogens with one attached hydrogen (secondary N) is 1. The van der Waals surface area contributed by atoms with Crippen molar-refractivity contribution in [1.82, 2.24) is 19.9 Å². The van der Waals surface area contributed by atoms with E-state index in [4.69, 9.17) is 5.73 Å². The summed E-state index contributed by atoms with van der Waals surface area (Å²) in [5.74, 6) is 1.49. The highest BCUT2D eigenvalue weighted by molar-refractivity contribution is 5.58. The molecule has 2 heterocycles. The molecule has 21 heavy (non-hydrogen) atoms. The zero-order valence-corrected chi connectivity index (χ0v) is 12.2. The van der Waals surface area contributed by atoms with Gasteiger partial charge in [0.05, 0.1) is 6.54 Å². The number of aromatic nitrogens is 3. The number of nitrogens with zero attached hydrogens (tertiary/aromatic N) is 4. The predicted molar refractivity (Wildman–Crippen MR) is 83.2 cm³/mol. The number of benzene rings is 1. The van der Waals surface area contributed by atoms with Crippen molar-refractivity contribution in [2.24, 2.45) is 0 Å². The number of hydrogen-bond acceptors (Lipinski definition) is 6. The molecule has 0 atom stereocenters. The van der Waals surface area contributed by atoms with E-state index < -0.39 is 0 Å². The first kappa shape index (κ1) is 13.8. The minimum atomic E-state index is 0.260. The maximum absolute atomic E-state index is 5.80. The van der Waals surface area contributed by atoms with Crippen LogP contribution in [0.25, 0.3) is 0 Å². The van der Waals surface area contributed by atoms with Crippen molar-refractivity contribution in [2.75, 3.05) is 24.1 Å². The molecular formula is C15H20N6. The first-order valence-electron chi connectivity index (χ1n) is 7.26. The number of nitrogen functional groups attached to an aromatic ring is 1. The number of anilines is 3. The maximum Gasteiger partial charge on any atom is 0.232 e. The Hall–Kier alpha value is -2.21. The normalized spacial score (nSPS) is 15.3. The SMILES string of the molecule is Cc1ccccc1Nc1nc(N)nc(CN2CCCC2)n1. The molecule has 0 unspecified atom stereocenters. The third-order valence-electron chi connectivity index (χ3n) is 3.65. The van der Waals surface area contributed by atoms with E-state index in [0.717, 1.165) is 36.7 Å². The highest BCUT2D eigenvalue weighted by atomic mass is 15.2. The monoisotopic (exact) mass is 284 g/mol. The Morgan fingerprint density at radius 2 is 1.90 bits per heavy atom. The number of aryl methyl sites for hydroxylation is 1. The van der Waals surface area contributed by atoms with Gasteiger partial charge in [-0.05, 0) is 44.5 Å². The van der Waals surface area contributed by atoms with Gasteiger partial charge in [0.25, 0.3) is 0 Å². The van der Waals surface area contributed by atoms with Gasteiger partial charge in [-0.2, -0.15) is 15.0 Å². The Morgan fingerprint density at radius 3 is 2.67 bits per heavy atom. The average molecular weight is 284 g/mol. The van der Waals surface area contributed by atoms with Gasteiger partial charge >= 0.3 is 0 Å². The van der Waals surface area contributed by atoms with E-state index in [-0.39, 0.29) is 5.95 Å². The van der Waals surface area contributed by atoms with Crippen molar-refractivity contribution in [1.29, 1.82) is 0 Å². The van der Waals surface area contributed by atoms with Gasteiger partial charge in [-0.1, -0.05) is 18.2 Å². The van der Waals surface area contributed by atoms with Crippen molar-refractivity contribution in [2.45, 2.75) is 26.3 Å². The molecule has 110 valence electrons. The Labute approximate surface area is 124 Å². The van der Waals surface area contributed by atoms with Crippen LogP contribution in [0.5, 0.6) is 0 Å². The molecule has 3 N–H and O–H groups in total. The van der Waals surface area contributed by atoms with Gasteiger partial charge in [0.1, 0.15) is 5.82 Å². The topological polar surface area (TPSA) is 80.0 Å². The molecule has 0 bridgehead atoms. The van der Waals surface area contributed by atoms with E-state index in [9.17, 15) is 0 Å². The third-order valence-corrected chi connectivity index (χ3v) is 3.65. The fraction of sp³-hybridized carbons (Fsp3) is 0.400. The molecule has 1 aromatic carbocycles. The van der Waals surface area contributed by atoms with Gasteiger partial charge in [-0.25, -0.2) is 0 Å². The largest absolute Gasteiger partial charge is 0.368 e. The molecule has 2 aromatic rings. The van der Waals surface area contributed by atoms with E-state index in [2.05, 4.69) is 25.2 Å². The fourth-order valence-electron chi connectivity index (χ4n) is 2.54. The van der Waals surface area contributed by atoms with E-state index >= 15 is 0 Å². The maximum atomic E-state index is 5.80. The molecule has 0 saturated carbocycles.